The second kappa shape index (κ2) is 5.95. The fourth-order valence-electron chi connectivity index (χ4n) is 3.91. The lowest BCUT2D eigenvalue weighted by molar-refractivity contribution is -0.143. The number of pyridine rings is 1. The maximum absolute atomic E-state index is 13.0. The molecule has 1 aromatic heterocycles. The molecule has 2 atom stereocenters. The van der Waals surface area contributed by atoms with E-state index >= 15 is 0 Å². The summed E-state index contributed by atoms with van der Waals surface area (Å²) >= 11 is 1.75. The van der Waals surface area contributed by atoms with Crippen molar-refractivity contribution in [3.05, 3.63) is 24.4 Å². The fourth-order valence-corrected chi connectivity index (χ4v) is 5.33. The molecule has 7 heteroatoms. The van der Waals surface area contributed by atoms with Gasteiger partial charge in [-0.2, -0.15) is 0 Å². The molecule has 0 saturated carbocycles. The number of carbonyl (C=O) groups is 2. The van der Waals surface area contributed by atoms with Crippen LogP contribution in [0.3, 0.4) is 0 Å². The predicted octanol–water partition coefficient (Wildman–Crippen LogP) is 1.18. The number of hydrogen-bond donors (Lipinski definition) is 0. The van der Waals surface area contributed by atoms with Crippen LogP contribution in [0.4, 0.5) is 5.82 Å². The lowest BCUT2D eigenvalue weighted by Crippen LogP contribution is -2.56. The largest absolute Gasteiger partial charge is 0.353 e. The number of anilines is 1. The molecular formula is C17H22N4O2S. The van der Waals surface area contributed by atoms with Crippen LogP contribution in [0.1, 0.15) is 19.8 Å². The summed E-state index contributed by atoms with van der Waals surface area (Å²) in [5.41, 5.74) is 0. The highest BCUT2D eigenvalue weighted by molar-refractivity contribution is 8.01. The van der Waals surface area contributed by atoms with E-state index in [1.165, 1.54) is 0 Å². The van der Waals surface area contributed by atoms with E-state index in [2.05, 4.69) is 16.8 Å². The smallest absolute Gasteiger partial charge is 0.246 e. The highest BCUT2D eigenvalue weighted by Gasteiger charge is 2.53. The number of piperazine rings is 1. The second-order valence-corrected chi connectivity index (χ2v) is 8.27. The van der Waals surface area contributed by atoms with Crippen molar-refractivity contribution in [2.45, 2.75) is 30.7 Å². The summed E-state index contributed by atoms with van der Waals surface area (Å²) in [6.07, 6.45) is 3.22. The van der Waals surface area contributed by atoms with Gasteiger partial charge in [-0.05, 0) is 25.5 Å². The van der Waals surface area contributed by atoms with Crippen molar-refractivity contribution < 1.29 is 9.59 Å². The molecule has 3 aliphatic heterocycles. The number of thioether (sulfide) groups is 1. The van der Waals surface area contributed by atoms with Crippen LogP contribution in [0.15, 0.2) is 24.4 Å². The molecular weight excluding hydrogens is 324 g/mol. The van der Waals surface area contributed by atoms with Crippen molar-refractivity contribution in [2.75, 3.05) is 36.8 Å². The number of hydrogen-bond acceptors (Lipinski definition) is 5. The minimum Gasteiger partial charge on any atom is -0.353 e. The molecule has 0 unspecified atom stereocenters. The molecule has 3 saturated heterocycles. The molecule has 4 rings (SSSR count). The van der Waals surface area contributed by atoms with Gasteiger partial charge in [-0.3, -0.25) is 9.59 Å². The van der Waals surface area contributed by atoms with Gasteiger partial charge in [0.2, 0.25) is 11.8 Å². The first-order valence-corrected chi connectivity index (χ1v) is 9.48. The average molecular weight is 346 g/mol. The zero-order chi connectivity index (χ0) is 16.7. The van der Waals surface area contributed by atoms with E-state index in [4.69, 9.17) is 0 Å². The van der Waals surface area contributed by atoms with Gasteiger partial charge in [0, 0.05) is 44.5 Å². The molecule has 3 fully saturated rings. The third-order valence-electron chi connectivity index (χ3n) is 5.29. The Morgan fingerprint density at radius 2 is 2.08 bits per heavy atom. The number of amides is 2. The van der Waals surface area contributed by atoms with Crippen molar-refractivity contribution in [1.82, 2.24) is 14.8 Å². The van der Waals surface area contributed by atoms with E-state index in [1.807, 2.05) is 28.0 Å². The number of rotatable bonds is 2. The van der Waals surface area contributed by atoms with E-state index in [1.54, 1.807) is 18.0 Å². The minimum atomic E-state index is -0.281. The molecule has 1 aromatic rings. The topological polar surface area (TPSA) is 56.8 Å². The number of aromatic nitrogens is 1. The Labute approximate surface area is 146 Å². The molecule has 0 spiro atoms. The summed E-state index contributed by atoms with van der Waals surface area (Å²) in [6.45, 7) is 5.04. The lowest BCUT2D eigenvalue weighted by atomic mass is 10.2. The van der Waals surface area contributed by atoms with Crippen LogP contribution >= 0.6 is 11.8 Å². The van der Waals surface area contributed by atoms with Crippen LogP contribution in [0.2, 0.25) is 0 Å². The van der Waals surface area contributed by atoms with Gasteiger partial charge < -0.3 is 14.7 Å². The molecule has 0 bridgehead atoms. The average Bonchev–Trinajstić information content (AvgIpc) is 3.11. The maximum atomic E-state index is 13.0. The Morgan fingerprint density at radius 1 is 1.29 bits per heavy atom. The van der Waals surface area contributed by atoms with E-state index in [9.17, 15) is 9.59 Å². The first kappa shape index (κ1) is 15.7. The van der Waals surface area contributed by atoms with E-state index in [0.717, 1.165) is 31.1 Å². The van der Waals surface area contributed by atoms with Crippen LogP contribution in [0.5, 0.6) is 0 Å². The molecule has 2 amide bonds. The maximum Gasteiger partial charge on any atom is 0.246 e. The van der Waals surface area contributed by atoms with Gasteiger partial charge in [0.15, 0.2) is 0 Å². The van der Waals surface area contributed by atoms with Crippen LogP contribution in [-0.2, 0) is 9.59 Å². The van der Waals surface area contributed by atoms with E-state index < -0.39 is 0 Å². The lowest BCUT2D eigenvalue weighted by Gasteiger charge is -2.38. The summed E-state index contributed by atoms with van der Waals surface area (Å²) < 4.78 is 0. The highest BCUT2D eigenvalue weighted by atomic mass is 32.2. The van der Waals surface area contributed by atoms with Gasteiger partial charge in [-0.15, -0.1) is 11.8 Å². The minimum absolute atomic E-state index is 0.113. The number of nitrogens with zero attached hydrogens (tertiary/aromatic N) is 4. The van der Waals surface area contributed by atoms with Crippen molar-refractivity contribution >= 4 is 29.4 Å². The predicted molar refractivity (Wildman–Crippen MR) is 93.8 cm³/mol. The second-order valence-electron chi connectivity index (χ2n) is 6.77. The van der Waals surface area contributed by atoms with Crippen LogP contribution in [-0.4, -0.2) is 69.4 Å². The van der Waals surface area contributed by atoms with E-state index in [-0.39, 0.29) is 22.7 Å². The van der Waals surface area contributed by atoms with Gasteiger partial charge in [-0.25, -0.2) is 4.98 Å². The number of carbonyl (C=O) groups excluding carboxylic acids is 2. The molecule has 0 radical (unpaired) electrons. The monoisotopic (exact) mass is 346 g/mol. The Kier molecular flexibility index (Phi) is 3.90. The normalized spacial score (nSPS) is 30.0. The Bertz CT molecular complexity index is 647. The molecule has 0 aromatic carbocycles. The molecule has 24 heavy (non-hydrogen) atoms. The standard InChI is InChI=1S/C17H22N4O2S/c1-17-6-5-15(22)21(17)13(12-24-17)16(23)20-10-8-19(9-11-20)14-4-2-3-7-18-14/h2-4,7,13H,5-6,8-12H2,1H3/t13-,17-/m0/s1. The van der Waals surface area contributed by atoms with Gasteiger partial charge in [-0.1, -0.05) is 6.07 Å². The summed E-state index contributed by atoms with van der Waals surface area (Å²) in [6, 6.07) is 5.61. The molecule has 128 valence electrons. The fraction of sp³-hybridized carbons (Fsp3) is 0.588. The molecule has 0 aliphatic carbocycles. The summed E-state index contributed by atoms with van der Waals surface area (Å²) in [7, 11) is 0. The Morgan fingerprint density at radius 3 is 2.79 bits per heavy atom. The van der Waals surface area contributed by atoms with Crippen LogP contribution < -0.4 is 4.90 Å². The van der Waals surface area contributed by atoms with Gasteiger partial charge in [0.05, 0.1) is 4.87 Å². The Balaban J connectivity index is 1.41. The quantitative estimate of drug-likeness (QED) is 0.805. The molecule has 6 nitrogen and oxygen atoms in total. The van der Waals surface area contributed by atoms with E-state index in [0.29, 0.717) is 19.5 Å². The first-order chi connectivity index (χ1) is 11.6. The third-order valence-corrected chi connectivity index (χ3v) is 6.80. The van der Waals surface area contributed by atoms with Crippen LogP contribution in [0.25, 0.3) is 0 Å². The van der Waals surface area contributed by atoms with Crippen molar-refractivity contribution in [1.29, 1.82) is 0 Å². The highest BCUT2D eigenvalue weighted by Crippen LogP contribution is 2.47. The Hall–Kier alpha value is -1.76. The third kappa shape index (κ3) is 2.55. The van der Waals surface area contributed by atoms with Crippen molar-refractivity contribution in [3.63, 3.8) is 0 Å². The summed E-state index contributed by atoms with van der Waals surface area (Å²) in [4.78, 5) is 35.4. The summed E-state index contributed by atoms with van der Waals surface area (Å²) in [5, 5.41) is 0. The zero-order valence-electron chi connectivity index (χ0n) is 13.9. The van der Waals surface area contributed by atoms with Gasteiger partial charge >= 0.3 is 0 Å². The summed E-state index contributed by atoms with van der Waals surface area (Å²) in [5.74, 6) is 1.93. The molecule has 0 N–H and O–H groups in total. The van der Waals surface area contributed by atoms with Gasteiger partial charge in [0.25, 0.3) is 0 Å². The van der Waals surface area contributed by atoms with Crippen molar-refractivity contribution in [3.8, 4) is 0 Å². The molecule has 4 heterocycles. The molecule has 3 aliphatic rings. The van der Waals surface area contributed by atoms with Crippen molar-refractivity contribution in [2.24, 2.45) is 0 Å². The van der Waals surface area contributed by atoms with Gasteiger partial charge in [0.1, 0.15) is 11.9 Å². The SMILES string of the molecule is C[C@]12CCC(=O)N1[C@H](C(=O)N1CCN(c3ccccn3)CC1)CS2. The number of fused-ring (bicyclic) bond motifs is 1. The first-order valence-electron chi connectivity index (χ1n) is 8.49. The van der Waals surface area contributed by atoms with Crippen LogP contribution in [0, 0.1) is 0 Å². The zero-order valence-corrected chi connectivity index (χ0v) is 14.7.